The first-order chi connectivity index (χ1) is 12.6. The van der Waals surface area contributed by atoms with Crippen LogP contribution in [-0.4, -0.2) is 31.7 Å². The number of hydrogen-bond acceptors (Lipinski definition) is 4. The molecule has 1 heterocycles. The van der Waals surface area contributed by atoms with Gasteiger partial charge < -0.3 is 10.1 Å². The van der Waals surface area contributed by atoms with Crippen LogP contribution in [0.2, 0.25) is 0 Å². The Bertz CT molecular complexity index is 828. The second-order valence-corrected chi connectivity index (χ2v) is 6.08. The number of para-hydroxylation sites is 1. The fourth-order valence-electron chi connectivity index (χ4n) is 3.28. The third kappa shape index (κ3) is 3.52. The van der Waals surface area contributed by atoms with Crippen LogP contribution < -0.4 is 10.2 Å². The molecule has 1 saturated heterocycles. The van der Waals surface area contributed by atoms with Crippen molar-refractivity contribution in [3.8, 4) is 6.07 Å². The predicted octanol–water partition coefficient (Wildman–Crippen LogP) is 2.80. The summed E-state index contributed by atoms with van der Waals surface area (Å²) in [6.45, 7) is 0.426. The van der Waals surface area contributed by atoms with Crippen LogP contribution in [0.5, 0.6) is 0 Å². The van der Waals surface area contributed by atoms with E-state index in [4.69, 9.17) is 10.00 Å². The highest BCUT2D eigenvalue weighted by Crippen LogP contribution is 2.33. The average Bonchev–Trinajstić information content (AvgIpc) is 3.07. The number of benzene rings is 2. The van der Waals surface area contributed by atoms with Gasteiger partial charge in [-0.15, -0.1) is 0 Å². The number of anilines is 1. The van der Waals surface area contributed by atoms with Gasteiger partial charge in [0.25, 0.3) is 0 Å². The molecule has 2 amide bonds. The molecule has 6 heteroatoms. The van der Waals surface area contributed by atoms with Gasteiger partial charge in [-0.05, 0) is 29.8 Å². The summed E-state index contributed by atoms with van der Waals surface area (Å²) in [5.74, 6) is -0.596. The molecule has 1 aliphatic heterocycles. The van der Waals surface area contributed by atoms with E-state index >= 15 is 0 Å². The molecule has 132 valence electrons. The standard InChI is InChI=1S/C20H19N3O3/c1-26-19(24)11-17(15-9-7-14(12-21)8-10-15)18-13-22-20(25)23(18)16-5-3-2-4-6-16/h2-10,17-18H,11,13H2,1H3,(H,22,25). The fourth-order valence-corrected chi connectivity index (χ4v) is 3.28. The highest BCUT2D eigenvalue weighted by Gasteiger charge is 2.39. The predicted molar refractivity (Wildman–Crippen MR) is 96.6 cm³/mol. The molecule has 1 aliphatic rings. The third-order valence-corrected chi connectivity index (χ3v) is 4.59. The van der Waals surface area contributed by atoms with Crippen molar-refractivity contribution >= 4 is 17.7 Å². The number of methoxy groups -OCH3 is 1. The van der Waals surface area contributed by atoms with Gasteiger partial charge in [-0.2, -0.15) is 5.26 Å². The lowest BCUT2D eigenvalue weighted by Crippen LogP contribution is -2.39. The van der Waals surface area contributed by atoms with E-state index in [2.05, 4.69) is 11.4 Å². The summed E-state index contributed by atoms with van der Waals surface area (Å²) < 4.78 is 4.86. The number of nitrogens with one attached hydrogen (secondary N) is 1. The first kappa shape index (κ1) is 17.5. The van der Waals surface area contributed by atoms with Gasteiger partial charge in [-0.1, -0.05) is 30.3 Å². The van der Waals surface area contributed by atoms with Crippen LogP contribution in [0.25, 0.3) is 0 Å². The number of esters is 1. The quantitative estimate of drug-likeness (QED) is 0.842. The highest BCUT2D eigenvalue weighted by molar-refractivity contribution is 5.95. The zero-order chi connectivity index (χ0) is 18.5. The van der Waals surface area contributed by atoms with Crippen molar-refractivity contribution in [2.75, 3.05) is 18.6 Å². The molecule has 1 fully saturated rings. The van der Waals surface area contributed by atoms with E-state index in [-0.39, 0.29) is 30.4 Å². The topological polar surface area (TPSA) is 82.4 Å². The Balaban J connectivity index is 1.98. The number of urea groups is 1. The molecule has 1 N–H and O–H groups in total. The van der Waals surface area contributed by atoms with E-state index in [1.54, 1.807) is 17.0 Å². The molecule has 26 heavy (non-hydrogen) atoms. The summed E-state index contributed by atoms with van der Waals surface area (Å²) in [4.78, 5) is 26.1. The highest BCUT2D eigenvalue weighted by atomic mass is 16.5. The van der Waals surface area contributed by atoms with Crippen molar-refractivity contribution < 1.29 is 14.3 Å². The number of nitriles is 1. The maximum atomic E-state index is 12.4. The molecule has 0 bridgehead atoms. The molecule has 2 aromatic carbocycles. The van der Waals surface area contributed by atoms with Crippen molar-refractivity contribution in [2.45, 2.75) is 18.4 Å². The molecule has 2 atom stereocenters. The van der Waals surface area contributed by atoms with Gasteiger partial charge in [0.05, 0.1) is 31.2 Å². The van der Waals surface area contributed by atoms with Crippen LogP contribution in [0.4, 0.5) is 10.5 Å². The Morgan fingerprint density at radius 1 is 1.27 bits per heavy atom. The summed E-state index contributed by atoms with van der Waals surface area (Å²) in [5, 5.41) is 11.9. The van der Waals surface area contributed by atoms with Gasteiger partial charge in [-0.3, -0.25) is 9.69 Å². The average molecular weight is 349 g/mol. The number of ether oxygens (including phenoxy) is 1. The number of nitrogens with zero attached hydrogens (tertiary/aromatic N) is 2. The second kappa shape index (κ2) is 7.70. The third-order valence-electron chi connectivity index (χ3n) is 4.59. The van der Waals surface area contributed by atoms with E-state index < -0.39 is 0 Å². The molecule has 0 saturated carbocycles. The lowest BCUT2D eigenvalue weighted by atomic mass is 9.87. The summed E-state index contributed by atoms with van der Waals surface area (Å²) in [5.41, 5.74) is 2.21. The molecule has 0 radical (unpaired) electrons. The van der Waals surface area contributed by atoms with E-state index in [9.17, 15) is 9.59 Å². The minimum atomic E-state index is -0.341. The van der Waals surface area contributed by atoms with E-state index in [0.29, 0.717) is 12.1 Å². The van der Waals surface area contributed by atoms with Crippen molar-refractivity contribution in [1.29, 1.82) is 5.26 Å². The number of rotatable bonds is 5. The molecule has 3 rings (SSSR count). The summed E-state index contributed by atoms with van der Waals surface area (Å²) in [6.07, 6.45) is 0.144. The largest absolute Gasteiger partial charge is 0.469 e. The Morgan fingerprint density at radius 3 is 2.58 bits per heavy atom. The van der Waals surface area contributed by atoms with Crippen molar-refractivity contribution in [3.05, 3.63) is 65.7 Å². The Labute approximate surface area is 152 Å². The molecule has 2 unspecified atom stereocenters. The van der Waals surface area contributed by atoms with Crippen LogP contribution in [0.3, 0.4) is 0 Å². The van der Waals surface area contributed by atoms with Gasteiger partial charge in [0.1, 0.15) is 0 Å². The molecule has 0 aliphatic carbocycles. The van der Waals surface area contributed by atoms with Crippen LogP contribution in [-0.2, 0) is 9.53 Å². The minimum Gasteiger partial charge on any atom is -0.469 e. The number of carbonyl (C=O) groups is 2. The Morgan fingerprint density at radius 2 is 1.96 bits per heavy atom. The van der Waals surface area contributed by atoms with E-state index in [0.717, 1.165) is 11.3 Å². The van der Waals surface area contributed by atoms with E-state index in [1.807, 2.05) is 42.5 Å². The SMILES string of the molecule is COC(=O)CC(c1ccc(C#N)cc1)C1CNC(=O)N1c1ccccc1. The van der Waals surface area contributed by atoms with Gasteiger partial charge in [-0.25, -0.2) is 4.79 Å². The Kier molecular flexibility index (Phi) is 5.18. The summed E-state index contributed by atoms with van der Waals surface area (Å²) >= 11 is 0. The van der Waals surface area contributed by atoms with Gasteiger partial charge in [0, 0.05) is 18.2 Å². The molecule has 6 nitrogen and oxygen atoms in total. The molecular weight excluding hydrogens is 330 g/mol. The zero-order valence-corrected chi connectivity index (χ0v) is 14.4. The fraction of sp³-hybridized carbons (Fsp3) is 0.250. The van der Waals surface area contributed by atoms with Gasteiger partial charge in [0.15, 0.2) is 0 Å². The van der Waals surface area contributed by atoms with Crippen molar-refractivity contribution in [2.24, 2.45) is 0 Å². The minimum absolute atomic E-state index is 0.144. The monoisotopic (exact) mass is 349 g/mol. The van der Waals surface area contributed by atoms with Crippen LogP contribution in [0.15, 0.2) is 54.6 Å². The second-order valence-electron chi connectivity index (χ2n) is 6.08. The smallest absolute Gasteiger partial charge is 0.322 e. The first-order valence-electron chi connectivity index (χ1n) is 8.33. The first-order valence-corrected chi connectivity index (χ1v) is 8.33. The number of amides is 2. The number of carbonyl (C=O) groups excluding carboxylic acids is 2. The molecule has 0 aromatic heterocycles. The summed E-state index contributed by atoms with van der Waals surface area (Å²) in [7, 11) is 1.35. The maximum Gasteiger partial charge on any atom is 0.322 e. The zero-order valence-electron chi connectivity index (χ0n) is 14.4. The molecular formula is C20H19N3O3. The van der Waals surface area contributed by atoms with E-state index in [1.165, 1.54) is 7.11 Å². The van der Waals surface area contributed by atoms with Crippen molar-refractivity contribution in [3.63, 3.8) is 0 Å². The lowest BCUT2D eigenvalue weighted by Gasteiger charge is -2.30. The molecule has 2 aromatic rings. The van der Waals surface area contributed by atoms with Gasteiger partial charge >= 0.3 is 12.0 Å². The van der Waals surface area contributed by atoms with Crippen molar-refractivity contribution in [1.82, 2.24) is 5.32 Å². The normalized spacial score (nSPS) is 17.3. The lowest BCUT2D eigenvalue weighted by molar-refractivity contribution is -0.141. The van der Waals surface area contributed by atoms with Crippen LogP contribution >= 0.6 is 0 Å². The number of hydrogen-bond donors (Lipinski definition) is 1. The van der Waals surface area contributed by atoms with Crippen LogP contribution in [0.1, 0.15) is 23.5 Å². The molecule has 0 spiro atoms. The van der Waals surface area contributed by atoms with Gasteiger partial charge in [0.2, 0.25) is 0 Å². The van der Waals surface area contributed by atoms with Crippen LogP contribution in [0, 0.1) is 11.3 Å². The Hall–Kier alpha value is -3.33. The maximum absolute atomic E-state index is 12.4. The summed E-state index contributed by atoms with van der Waals surface area (Å²) in [6, 6.07) is 18.1.